The Balaban J connectivity index is 1.50. The van der Waals surface area contributed by atoms with Gasteiger partial charge in [0.25, 0.3) is 0 Å². The molecule has 0 unspecified atom stereocenters. The number of benzene rings is 1. The highest BCUT2D eigenvalue weighted by Crippen LogP contribution is 2.36. The highest BCUT2D eigenvalue weighted by molar-refractivity contribution is 6.61. The molecular formula is C19H24BN3O2. The number of aromatic nitrogens is 2. The zero-order chi connectivity index (χ0) is 17.7. The molecule has 1 saturated heterocycles. The lowest BCUT2D eigenvalue weighted by Crippen LogP contribution is -2.41. The molecule has 0 radical (unpaired) electrons. The van der Waals surface area contributed by atoms with Crippen LogP contribution in [-0.4, -0.2) is 34.8 Å². The maximum Gasteiger partial charge on any atom is 0.498 e. The van der Waals surface area contributed by atoms with Gasteiger partial charge in [0.2, 0.25) is 5.95 Å². The Hall–Kier alpha value is -1.92. The van der Waals surface area contributed by atoms with Crippen molar-refractivity contribution < 1.29 is 9.31 Å². The first-order valence-corrected chi connectivity index (χ1v) is 8.85. The Morgan fingerprint density at radius 2 is 1.56 bits per heavy atom. The molecule has 3 heterocycles. The molecule has 4 rings (SSSR count). The summed E-state index contributed by atoms with van der Waals surface area (Å²) in [5.74, 6) is 0.759. The summed E-state index contributed by atoms with van der Waals surface area (Å²) < 4.78 is 12.1. The lowest BCUT2D eigenvalue weighted by atomic mass is 9.81. The fourth-order valence-corrected chi connectivity index (χ4v) is 3.26. The third-order valence-corrected chi connectivity index (χ3v) is 5.60. The Kier molecular flexibility index (Phi) is 3.85. The van der Waals surface area contributed by atoms with Gasteiger partial charge in [-0.1, -0.05) is 24.3 Å². The molecule has 2 aliphatic heterocycles. The molecule has 0 saturated carbocycles. The van der Waals surface area contributed by atoms with E-state index < -0.39 is 7.12 Å². The molecule has 0 atom stereocenters. The maximum atomic E-state index is 6.07. The summed E-state index contributed by atoms with van der Waals surface area (Å²) in [5.41, 5.74) is 2.93. The van der Waals surface area contributed by atoms with Crippen molar-refractivity contribution in [2.45, 2.75) is 51.9 Å². The second-order valence-electron chi connectivity index (χ2n) is 7.84. The second kappa shape index (κ2) is 5.82. The zero-order valence-corrected chi connectivity index (χ0v) is 15.3. The van der Waals surface area contributed by atoms with E-state index in [1.54, 1.807) is 0 Å². The highest BCUT2D eigenvalue weighted by Gasteiger charge is 2.52. The van der Waals surface area contributed by atoms with Crippen LogP contribution in [0.25, 0.3) is 0 Å². The smallest absolute Gasteiger partial charge is 0.399 e. The molecule has 0 spiro atoms. The van der Waals surface area contributed by atoms with Crippen LogP contribution in [0.4, 0.5) is 5.95 Å². The van der Waals surface area contributed by atoms with Crippen molar-refractivity contribution in [2.75, 3.05) is 11.4 Å². The first-order chi connectivity index (χ1) is 11.9. The summed E-state index contributed by atoms with van der Waals surface area (Å²) in [6.45, 7) is 9.99. The Morgan fingerprint density at radius 3 is 2.20 bits per heavy atom. The van der Waals surface area contributed by atoms with Crippen molar-refractivity contribution in [3.05, 3.63) is 47.8 Å². The van der Waals surface area contributed by atoms with Gasteiger partial charge in [0.15, 0.2) is 0 Å². The predicted molar refractivity (Wildman–Crippen MR) is 98.9 cm³/mol. The molecular weight excluding hydrogens is 313 g/mol. The van der Waals surface area contributed by atoms with Gasteiger partial charge in [-0.05, 0) is 45.2 Å². The SMILES string of the molecule is CC1(C)OB(c2cnc(N3CCc4ccccc4C3)nc2)OC1(C)C. The van der Waals surface area contributed by atoms with Gasteiger partial charge in [0.05, 0.1) is 11.2 Å². The van der Waals surface area contributed by atoms with E-state index in [-0.39, 0.29) is 11.2 Å². The average Bonchev–Trinajstić information content (AvgIpc) is 2.82. The van der Waals surface area contributed by atoms with Crippen molar-refractivity contribution in [3.8, 4) is 0 Å². The molecule has 5 nitrogen and oxygen atoms in total. The lowest BCUT2D eigenvalue weighted by Gasteiger charge is -2.32. The molecule has 130 valence electrons. The van der Waals surface area contributed by atoms with Gasteiger partial charge in [-0.25, -0.2) is 9.97 Å². The minimum Gasteiger partial charge on any atom is -0.399 e. The van der Waals surface area contributed by atoms with Crippen molar-refractivity contribution in [1.29, 1.82) is 0 Å². The molecule has 1 aromatic carbocycles. The largest absolute Gasteiger partial charge is 0.498 e. The molecule has 0 aliphatic carbocycles. The number of rotatable bonds is 2. The fourth-order valence-electron chi connectivity index (χ4n) is 3.26. The standard InChI is InChI=1S/C19H24BN3O2/c1-18(2)19(3,4)25-20(24-18)16-11-21-17(22-12-16)23-10-9-14-7-5-6-8-15(14)13-23/h5-8,11-12H,9-10,13H2,1-4H3. The van der Waals surface area contributed by atoms with Crippen LogP contribution >= 0.6 is 0 Å². The lowest BCUT2D eigenvalue weighted by molar-refractivity contribution is 0.00578. The van der Waals surface area contributed by atoms with E-state index in [0.717, 1.165) is 30.9 Å². The van der Waals surface area contributed by atoms with E-state index >= 15 is 0 Å². The van der Waals surface area contributed by atoms with Crippen molar-refractivity contribution in [1.82, 2.24) is 9.97 Å². The normalized spacial score (nSPS) is 21.3. The summed E-state index contributed by atoms with van der Waals surface area (Å²) in [6.07, 6.45) is 4.68. The quantitative estimate of drug-likeness (QED) is 0.788. The van der Waals surface area contributed by atoms with Crippen LogP contribution < -0.4 is 10.4 Å². The molecule has 1 aromatic heterocycles. The van der Waals surface area contributed by atoms with Crippen LogP contribution in [0, 0.1) is 0 Å². The molecule has 2 aliphatic rings. The van der Waals surface area contributed by atoms with Crippen molar-refractivity contribution in [2.24, 2.45) is 0 Å². The number of hydrogen-bond acceptors (Lipinski definition) is 5. The van der Waals surface area contributed by atoms with Crippen LogP contribution in [0.3, 0.4) is 0 Å². The Bertz CT molecular complexity index is 760. The van der Waals surface area contributed by atoms with Crippen LogP contribution in [0.2, 0.25) is 0 Å². The third kappa shape index (κ3) is 2.94. The first-order valence-electron chi connectivity index (χ1n) is 8.85. The third-order valence-electron chi connectivity index (χ3n) is 5.60. The average molecular weight is 337 g/mol. The zero-order valence-electron chi connectivity index (χ0n) is 15.3. The summed E-state index contributed by atoms with van der Waals surface area (Å²) in [6, 6.07) is 8.57. The minimum absolute atomic E-state index is 0.354. The Morgan fingerprint density at radius 1 is 0.960 bits per heavy atom. The van der Waals surface area contributed by atoms with E-state index in [9.17, 15) is 0 Å². The number of nitrogens with zero attached hydrogens (tertiary/aromatic N) is 3. The summed E-state index contributed by atoms with van der Waals surface area (Å²) >= 11 is 0. The van der Waals surface area contributed by atoms with E-state index in [1.165, 1.54) is 11.1 Å². The van der Waals surface area contributed by atoms with E-state index in [2.05, 4.69) is 39.1 Å². The van der Waals surface area contributed by atoms with E-state index in [4.69, 9.17) is 9.31 Å². The van der Waals surface area contributed by atoms with Crippen LogP contribution in [-0.2, 0) is 22.3 Å². The summed E-state index contributed by atoms with van der Waals surface area (Å²) in [5, 5.41) is 0. The molecule has 0 bridgehead atoms. The van der Waals surface area contributed by atoms with Crippen molar-refractivity contribution >= 4 is 18.5 Å². The summed E-state index contributed by atoms with van der Waals surface area (Å²) in [4.78, 5) is 11.4. The molecule has 25 heavy (non-hydrogen) atoms. The van der Waals surface area contributed by atoms with Gasteiger partial charge in [0.1, 0.15) is 0 Å². The number of fused-ring (bicyclic) bond motifs is 1. The van der Waals surface area contributed by atoms with E-state index in [1.807, 2.05) is 40.1 Å². The maximum absolute atomic E-state index is 6.07. The van der Waals surface area contributed by atoms with Crippen LogP contribution in [0.15, 0.2) is 36.7 Å². The second-order valence-corrected chi connectivity index (χ2v) is 7.84. The van der Waals surface area contributed by atoms with Gasteiger partial charge >= 0.3 is 7.12 Å². The van der Waals surface area contributed by atoms with Crippen LogP contribution in [0.1, 0.15) is 38.8 Å². The number of hydrogen-bond donors (Lipinski definition) is 0. The molecule has 2 aromatic rings. The number of anilines is 1. The van der Waals surface area contributed by atoms with Gasteiger partial charge < -0.3 is 14.2 Å². The van der Waals surface area contributed by atoms with Gasteiger partial charge in [-0.2, -0.15) is 0 Å². The minimum atomic E-state index is -0.416. The molecule has 0 amide bonds. The van der Waals surface area contributed by atoms with Crippen molar-refractivity contribution in [3.63, 3.8) is 0 Å². The van der Waals surface area contributed by atoms with Gasteiger partial charge in [-0.3, -0.25) is 0 Å². The van der Waals surface area contributed by atoms with Gasteiger partial charge in [0, 0.05) is 30.9 Å². The predicted octanol–water partition coefficient (Wildman–Crippen LogP) is 2.34. The van der Waals surface area contributed by atoms with Crippen LogP contribution in [0.5, 0.6) is 0 Å². The summed E-state index contributed by atoms with van der Waals surface area (Å²) in [7, 11) is -0.416. The monoisotopic (exact) mass is 337 g/mol. The molecule has 6 heteroatoms. The topological polar surface area (TPSA) is 47.5 Å². The Labute approximate surface area is 149 Å². The molecule has 1 fully saturated rings. The fraction of sp³-hybridized carbons (Fsp3) is 0.474. The molecule has 0 N–H and O–H groups in total. The first kappa shape index (κ1) is 16.5. The van der Waals surface area contributed by atoms with E-state index in [0.29, 0.717) is 0 Å². The highest BCUT2D eigenvalue weighted by atomic mass is 16.7. The van der Waals surface area contributed by atoms with Gasteiger partial charge in [-0.15, -0.1) is 0 Å².